The van der Waals surface area contributed by atoms with Crippen LogP contribution in [0.5, 0.6) is 5.75 Å². The molecule has 0 aliphatic carbocycles. The van der Waals surface area contributed by atoms with Crippen LogP contribution in [0, 0.1) is 0 Å². The van der Waals surface area contributed by atoms with Gasteiger partial charge in [-0.05, 0) is 17.8 Å². The Balaban J connectivity index is 1.82. The standard InChI is InChI=1S/C14H20O2SSi/c1-18(2,3)11-14-16-13(10-17-14)9-15-12-7-5-4-6-8-12/h4-8,11,13H,9-10H2,1-3H3/b14-11-. The first-order valence-electron chi connectivity index (χ1n) is 6.23. The van der Waals surface area contributed by atoms with E-state index < -0.39 is 8.07 Å². The summed E-state index contributed by atoms with van der Waals surface area (Å²) in [6.07, 6.45) is 0.179. The Morgan fingerprint density at radius 1 is 1.33 bits per heavy atom. The van der Waals surface area contributed by atoms with E-state index in [4.69, 9.17) is 9.47 Å². The molecule has 0 spiro atoms. The molecule has 0 saturated carbocycles. The van der Waals surface area contributed by atoms with Gasteiger partial charge in [0.25, 0.3) is 0 Å². The van der Waals surface area contributed by atoms with E-state index in [0.717, 1.165) is 16.6 Å². The number of para-hydroxylation sites is 1. The van der Waals surface area contributed by atoms with Crippen LogP contribution >= 0.6 is 11.8 Å². The first-order valence-corrected chi connectivity index (χ1v) is 10.8. The second-order valence-electron chi connectivity index (χ2n) is 5.50. The zero-order valence-electron chi connectivity index (χ0n) is 11.2. The van der Waals surface area contributed by atoms with Crippen LogP contribution in [0.25, 0.3) is 0 Å². The fraction of sp³-hybridized carbons (Fsp3) is 0.429. The molecule has 18 heavy (non-hydrogen) atoms. The first-order chi connectivity index (χ1) is 8.53. The Hall–Kier alpha value is -0.873. The minimum atomic E-state index is -1.19. The molecule has 1 aliphatic heterocycles. The SMILES string of the molecule is C[Si](C)(C)/C=C1/OC(COc2ccccc2)CS1. The molecule has 98 valence electrons. The highest BCUT2D eigenvalue weighted by Crippen LogP contribution is 2.30. The van der Waals surface area contributed by atoms with Gasteiger partial charge in [0, 0.05) is 5.75 Å². The Morgan fingerprint density at radius 3 is 2.72 bits per heavy atom. The van der Waals surface area contributed by atoms with Crippen LogP contribution in [-0.2, 0) is 4.74 Å². The fourth-order valence-electron chi connectivity index (χ4n) is 1.62. The number of hydrogen-bond donors (Lipinski definition) is 0. The maximum absolute atomic E-state index is 5.89. The predicted molar refractivity (Wildman–Crippen MR) is 80.7 cm³/mol. The third-order valence-corrected chi connectivity index (χ3v) is 4.80. The molecule has 0 N–H and O–H groups in total. The van der Waals surface area contributed by atoms with Gasteiger partial charge in [-0.2, -0.15) is 0 Å². The van der Waals surface area contributed by atoms with Gasteiger partial charge in [0.1, 0.15) is 23.6 Å². The average molecular weight is 280 g/mol. The van der Waals surface area contributed by atoms with E-state index >= 15 is 0 Å². The fourth-order valence-corrected chi connectivity index (χ4v) is 4.51. The van der Waals surface area contributed by atoms with Gasteiger partial charge in [-0.3, -0.25) is 0 Å². The maximum atomic E-state index is 5.89. The molecule has 1 aromatic carbocycles. The Morgan fingerprint density at radius 2 is 2.06 bits per heavy atom. The summed E-state index contributed by atoms with van der Waals surface area (Å²) >= 11 is 1.81. The largest absolute Gasteiger partial charge is 0.490 e. The van der Waals surface area contributed by atoms with Crippen molar-refractivity contribution in [2.45, 2.75) is 25.7 Å². The van der Waals surface area contributed by atoms with Crippen molar-refractivity contribution in [3.05, 3.63) is 41.1 Å². The van der Waals surface area contributed by atoms with Crippen molar-refractivity contribution in [2.24, 2.45) is 0 Å². The monoisotopic (exact) mass is 280 g/mol. The Labute approximate surface area is 114 Å². The molecule has 1 atom stereocenters. The van der Waals surface area contributed by atoms with E-state index in [2.05, 4.69) is 25.3 Å². The van der Waals surface area contributed by atoms with Gasteiger partial charge in [-0.1, -0.05) is 49.6 Å². The van der Waals surface area contributed by atoms with Crippen LogP contribution in [0.2, 0.25) is 19.6 Å². The van der Waals surface area contributed by atoms with E-state index in [1.807, 2.05) is 30.3 Å². The van der Waals surface area contributed by atoms with Crippen molar-refractivity contribution in [3.63, 3.8) is 0 Å². The second kappa shape index (κ2) is 5.84. The first kappa shape index (κ1) is 13.6. The summed E-state index contributed by atoms with van der Waals surface area (Å²) in [6.45, 7) is 7.58. The molecule has 1 unspecified atom stereocenters. The summed E-state index contributed by atoms with van der Waals surface area (Å²) in [5.41, 5.74) is 2.32. The van der Waals surface area contributed by atoms with Crippen LogP contribution in [-0.4, -0.2) is 26.5 Å². The van der Waals surface area contributed by atoms with Crippen molar-refractivity contribution in [1.29, 1.82) is 0 Å². The summed E-state index contributed by atoms with van der Waals surface area (Å²) in [4.78, 5) is 0. The van der Waals surface area contributed by atoms with Gasteiger partial charge >= 0.3 is 0 Å². The van der Waals surface area contributed by atoms with Gasteiger partial charge < -0.3 is 9.47 Å². The number of thioether (sulfide) groups is 1. The third kappa shape index (κ3) is 4.42. The smallest absolute Gasteiger partial charge is 0.146 e. The molecule has 0 amide bonds. The van der Waals surface area contributed by atoms with Crippen molar-refractivity contribution >= 4 is 19.8 Å². The average Bonchev–Trinajstić information content (AvgIpc) is 2.73. The van der Waals surface area contributed by atoms with Gasteiger partial charge in [0.15, 0.2) is 0 Å². The Bertz CT molecular complexity index is 412. The molecule has 4 heteroatoms. The van der Waals surface area contributed by atoms with Crippen LogP contribution in [0.15, 0.2) is 41.1 Å². The van der Waals surface area contributed by atoms with Crippen molar-refractivity contribution < 1.29 is 9.47 Å². The van der Waals surface area contributed by atoms with E-state index in [-0.39, 0.29) is 6.10 Å². The second-order valence-corrected chi connectivity index (χ2v) is 11.5. The van der Waals surface area contributed by atoms with Crippen LogP contribution < -0.4 is 4.74 Å². The number of benzene rings is 1. The van der Waals surface area contributed by atoms with Gasteiger partial charge in [-0.15, -0.1) is 0 Å². The van der Waals surface area contributed by atoms with Crippen LogP contribution in [0.3, 0.4) is 0 Å². The summed E-state index contributed by atoms with van der Waals surface area (Å²) in [6, 6.07) is 9.90. The molecular formula is C14H20O2SSi. The summed E-state index contributed by atoms with van der Waals surface area (Å²) in [5.74, 6) is 1.90. The van der Waals surface area contributed by atoms with E-state index in [1.165, 1.54) is 0 Å². The molecule has 0 bridgehead atoms. The lowest BCUT2D eigenvalue weighted by atomic mass is 10.3. The number of hydrogen-bond acceptors (Lipinski definition) is 3. The maximum Gasteiger partial charge on any atom is 0.146 e. The molecule has 1 fully saturated rings. The van der Waals surface area contributed by atoms with Gasteiger partial charge in [0.05, 0.1) is 8.07 Å². The molecular weight excluding hydrogens is 260 g/mol. The molecule has 2 rings (SSSR count). The van der Waals surface area contributed by atoms with Gasteiger partial charge in [0.2, 0.25) is 0 Å². The van der Waals surface area contributed by atoms with E-state index in [9.17, 15) is 0 Å². The van der Waals surface area contributed by atoms with Crippen molar-refractivity contribution in [2.75, 3.05) is 12.4 Å². The minimum absolute atomic E-state index is 0.179. The van der Waals surface area contributed by atoms with Gasteiger partial charge in [-0.25, -0.2) is 0 Å². The van der Waals surface area contributed by atoms with Crippen molar-refractivity contribution in [1.82, 2.24) is 0 Å². The molecule has 1 aliphatic rings. The lowest BCUT2D eigenvalue weighted by Crippen LogP contribution is -2.20. The predicted octanol–water partition coefficient (Wildman–Crippen LogP) is 3.92. The molecule has 0 radical (unpaired) electrons. The highest BCUT2D eigenvalue weighted by Gasteiger charge is 2.24. The molecule has 1 aromatic rings. The number of ether oxygens (including phenoxy) is 2. The topological polar surface area (TPSA) is 18.5 Å². The highest BCUT2D eigenvalue weighted by molar-refractivity contribution is 8.03. The normalized spacial score (nSPS) is 21.9. The highest BCUT2D eigenvalue weighted by atomic mass is 32.2. The molecule has 1 heterocycles. The quantitative estimate of drug-likeness (QED) is 0.779. The minimum Gasteiger partial charge on any atom is -0.490 e. The third-order valence-electron chi connectivity index (χ3n) is 2.42. The summed E-state index contributed by atoms with van der Waals surface area (Å²) < 4.78 is 11.6. The van der Waals surface area contributed by atoms with E-state index in [0.29, 0.717) is 6.61 Å². The zero-order chi connectivity index (χ0) is 13.0. The van der Waals surface area contributed by atoms with E-state index in [1.54, 1.807) is 11.8 Å². The summed E-state index contributed by atoms with van der Waals surface area (Å²) in [7, 11) is -1.19. The van der Waals surface area contributed by atoms with Crippen molar-refractivity contribution in [3.8, 4) is 5.75 Å². The lowest BCUT2D eigenvalue weighted by molar-refractivity contribution is 0.110. The Kier molecular flexibility index (Phi) is 4.40. The zero-order valence-corrected chi connectivity index (χ0v) is 13.0. The molecule has 2 nitrogen and oxygen atoms in total. The molecule has 0 aromatic heterocycles. The molecule has 1 saturated heterocycles. The lowest BCUT2D eigenvalue weighted by Gasteiger charge is -2.13. The number of rotatable bonds is 4. The van der Waals surface area contributed by atoms with Crippen LogP contribution in [0.4, 0.5) is 0 Å². The summed E-state index contributed by atoms with van der Waals surface area (Å²) in [5, 5.41) is 1.09. The van der Waals surface area contributed by atoms with Crippen LogP contribution in [0.1, 0.15) is 0 Å².